The summed E-state index contributed by atoms with van der Waals surface area (Å²) in [7, 11) is 0. The number of hydrogen-bond donors (Lipinski definition) is 1. The van der Waals surface area contributed by atoms with Crippen molar-refractivity contribution in [2.24, 2.45) is 0 Å². The summed E-state index contributed by atoms with van der Waals surface area (Å²) in [6, 6.07) is 8.41. The van der Waals surface area contributed by atoms with Crippen molar-refractivity contribution in [3.8, 4) is 11.5 Å². The van der Waals surface area contributed by atoms with Crippen molar-refractivity contribution in [1.29, 1.82) is 0 Å². The third-order valence-electron chi connectivity index (χ3n) is 2.57. The quantitative estimate of drug-likeness (QED) is 0.841. The van der Waals surface area contributed by atoms with Gasteiger partial charge in [0.15, 0.2) is 0 Å². The summed E-state index contributed by atoms with van der Waals surface area (Å²) in [4.78, 5) is 10.8. The standard InChI is InChI=1S/C14H8BrF3O3/c15-11-6-8(13(19)20)4-5-12(11)21-10-3-1-2-9(7-10)14(16,17)18/h1-7H,(H,19,20). The maximum atomic E-state index is 12.6. The summed E-state index contributed by atoms with van der Waals surface area (Å²) >= 11 is 3.12. The lowest BCUT2D eigenvalue weighted by atomic mass is 10.2. The van der Waals surface area contributed by atoms with E-state index in [9.17, 15) is 18.0 Å². The van der Waals surface area contributed by atoms with Gasteiger partial charge in [-0.3, -0.25) is 0 Å². The Labute approximate surface area is 126 Å². The highest BCUT2D eigenvalue weighted by Crippen LogP contribution is 2.34. The molecule has 0 saturated carbocycles. The Morgan fingerprint density at radius 3 is 2.43 bits per heavy atom. The number of carboxylic acid groups (broad SMARTS) is 1. The van der Waals surface area contributed by atoms with Gasteiger partial charge in [-0.2, -0.15) is 13.2 Å². The minimum atomic E-state index is -4.45. The smallest absolute Gasteiger partial charge is 0.416 e. The van der Waals surface area contributed by atoms with Gasteiger partial charge in [-0.05, 0) is 52.3 Å². The second kappa shape index (κ2) is 5.77. The fourth-order valence-corrected chi connectivity index (χ4v) is 2.04. The predicted molar refractivity (Wildman–Crippen MR) is 72.6 cm³/mol. The van der Waals surface area contributed by atoms with Crippen molar-refractivity contribution in [3.05, 3.63) is 58.1 Å². The second-order valence-electron chi connectivity index (χ2n) is 4.08. The molecule has 0 aliphatic carbocycles. The fraction of sp³-hybridized carbons (Fsp3) is 0.0714. The normalized spacial score (nSPS) is 11.2. The molecule has 0 saturated heterocycles. The summed E-state index contributed by atoms with van der Waals surface area (Å²) < 4.78 is 43.5. The number of carboxylic acids is 1. The zero-order chi connectivity index (χ0) is 15.6. The van der Waals surface area contributed by atoms with E-state index in [1.54, 1.807) is 0 Å². The van der Waals surface area contributed by atoms with E-state index in [0.29, 0.717) is 4.47 Å². The molecule has 21 heavy (non-hydrogen) atoms. The minimum Gasteiger partial charge on any atom is -0.478 e. The van der Waals surface area contributed by atoms with Crippen LogP contribution in [0.2, 0.25) is 0 Å². The topological polar surface area (TPSA) is 46.5 Å². The highest BCUT2D eigenvalue weighted by atomic mass is 79.9. The number of hydrogen-bond acceptors (Lipinski definition) is 2. The molecule has 0 aliphatic heterocycles. The summed E-state index contributed by atoms with van der Waals surface area (Å²) in [5.74, 6) is -0.880. The van der Waals surface area contributed by atoms with Crippen LogP contribution in [0.15, 0.2) is 46.9 Å². The van der Waals surface area contributed by atoms with E-state index in [2.05, 4.69) is 15.9 Å². The summed E-state index contributed by atoms with van der Waals surface area (Å²) in [5.41, 5.74) is -0.781. The Kier molecular flexibility index (Phi) is 4.22. The maximum absolute atomic E-state index is 12.6. The lowest BCUT2D eigenvalue weighted by molar-refractivity contribution is -0.137. The van der Waals surface area contributed by atoms with Crippen molar-refractivity contribution in [3.63, 3.8) is 0 Å². The van der Waals surface area contributed by atoms with Gasteiger partial charge in [-0.25, -0.2) is 4.79 Å². The minimum absolute atomic E-state index is 0.00796. The lowest BCUT2D eigenvalue weighted by Crippen LogP contribution is -2.04. The lowest BCUT2D eigenvalue weighted by Gasteiger charge is -2.11. The van der Waals surface area contributed by atoms with Crippen molar-refractivity contribution in [2.75, 3.05) is 0 Å². The molecule has 0 fully saturated rings. The number of alkyl halides is 3. The Bertz CT molecular complexity index is 683. The molecule has 0 bridgehead atoms. The third kappa shape index (κ3) is 3.75. The Morgan fingerprint density at radius 1 is 1.14 bits per heavy atom. The van der Waals surface area contributed by atoms with Crippen LogP contribution in [0.5, 0.6) is 11.5 Å². The van der Waals surface area contributed by atoms with E-state index in [4.69, 9.17) is 9.84 Å². The number of benzene rings is 2. The monoisotopic (exact) mass is 360 g/mol. The van der Waals surface area contributed by atoms with Gasteiger partial charge < -0.3 is 9.84 Å². The van der Waals surface area contributed by atoms with Crippen LogP contribution in [-0.2, 0) is 6.18 Å². The summed E-state index contributed by atoms with van der Waals surface area (Å²) in [5, 5.41) is 8.83. The van der Waals surface area contributed by atoms with Gasteiger partial charge in [0.05, 0.1) is 15.6 Å². The number of halogens is 4. The molecule has 0 unspecified atom stereocenters. The number of rotatable bonds is 3. The summed E-state index contributed by atoms with van der Waals surface area (Å²) in [6.45, 7) is 0. The number of ether oxygens (including phenoxy) is 1. The van der Waals surface area contributed by atoms with Gasteiger partial charge in [-0.15, -0.1) is 0 Å². The summed E-state index contributed by atoms with van der Waals surface area (Å²) in [6.07, 6.45) is -4.45. The van der Waals surface area contributed by atoms with Crippen LogP contribution >= 0.6 is 15.9 Å². The molecular weight excluding hydrogens is 353 g/mol. The van der Waals surface area contributed by atoms with Gasteiger partial charge in [0.2, 0.25) is 0 Å². The number of aromatic carboxylic acids is 1. The first-order chi connectivity index (χ1) is 9.77. The van der Waals surface area contributed by atoms with Crippen LogP contribution in [-0.4, -0.2) is 11.1 Å². The largest absolute Gasteiger partial charge is 0.478 e. The van der Waals surface area contributed by atoms with Crippen LogP contribution in [0.1, 0.15) is 15.9 Å². The molecule has 2 aromatic carbocycles. The van der Waals surface area contributed by atoms with Crippen LogP contribution in [0, 0.1) is 0 Å². The Balaban J connectivity index is 2.28. The first-order valence-electron chi connectivity index (χ1n) is 5.65. The average molecular weight is 361 g/mol. The zero-order valence-corrected chi connectivity index (χ0v) is 11.9. The van der Waals surface area contributed by atoms with Crippen molar-refractivity contribution < 1.29 is 27.8 Å². The van der Waals surface area contributed by atoms with E-state index >= 15 is 0 Å². The highest BCUT2D eigenvalue weighted by molar-refractivity contribution is 9.10. The molecule has 0 aliphatic rings. The SMILES string of the molecule is O=C(O)c1ccc(Oc2cccc(C(F)(F)F)c2)c(Br)c1. The molecule has 3 nitrogen and oxygen atoms in total. The van der Waals surface area contributed by atoms with Crippen LogP contribution < -0.4 is 4.74 Å². The van der Waals surface area contributed by atoms with Crippen LogP contribution in [0.25, 0.3) is 0 Å². The van der Waals surface area contributed by atoms with E-state index in [-0.39, 0.29) is 17.1 Å². The molecule has 0 atom stereocenters. The zero-order valence-electron chi connectivity index (χ0n) is 10.3. The first kappa shape index (κ1) is 15.4. The van der Waals surface area contributed by atoms with Crippen LogP contribution in [0.4, 0.5) is 13.2 Å². The molecular formula is C14H8BrF3O3. The molecule has 2 aromatic rings. The second-order valence-corrected chi connectivity index (χ2v) is 4.93. The predicted octanol–water partition coefficient (Wildman–Crippen LogP) is 4.96. The number of carbonyl (C=O) groups is 1. The van der Waals surface area contributed by atoms with Crippen LogP contribution in [0.3, 0.4) is 0 Å². The molecule has 0 spiro atoms. The van der Waals surface area contributed by atoms with Gasteiger partial charge in [-0.1, -0.05) is 6.07 Å². The van der Waals surface area contributed by atoms with Crippen molar-refractivity contribution in [2.45, 2.75) is 6.18 Å². The van der Waals surface area contributed by atoms with E-state index in [1.807, 2.05) is 0 Å². The van der Waals surface area contributed by atoms with Crippen molar-refractivity contribution in [1.82, 2.24) is 0 Å². The molecule has 0 heterocycles. The van der Waals surface area contributed by atoms with Crippen molar-refractivity contribution >= 4 is 21.9 Å². The van der Waals surface area contributed by atoms with E-state index < -0.39 is 17.7 Å². The van der Waals surface area contributed by atoms with Gasteiger partial charge in [0, 0.05) is 0 Å². The maximum Gasteiger partial charge on any atom is 0.416 e. The molecule has 0 amide bonds. The molecule has 7 heteroatoms. The molecule has 1 N–H and O–H groups in total. The van der Waals surface area contributed by atoms with Gasteiger partial charge >= 0.3 is 12.1 Å². The van der Waals surface area contributed by atoms with E-state index in [0.717, 1.165) is 12.1 Å². The fourth-order valence-electron chi connectivity index (χ4n) is 1.58. The molecule has 0 radical (unpaired) electrons. The third-order valence-corrected chi connectivity index (χ3v) is 3.19. The highest BCUT2D eigenvalue weighted by Gasteiger charge is 2.30. The Hall–Kier alpha value is -2.02. The average Bonchev–Trinajstić information content (AvgIpc) is 2.40. The van der Waals surface area contributed by atoms with Gasteiger partial charge in [0.25, 0.3) is 0 Å². The molecule has 2 rings (SSSR count). The molecule has 0 aromatic heterocycles. The van der Waals surface area contributed by atoms with Gasteiger partial charge in [0.1, 0.15) is 11.5 Å². The first-order valence-corrected chi connectivity index (χ1v) is 6.44. The van der Waals surface area contributed by atoms with E-state index in [1.165, 1.54) is 30.3 Å². The molecule has 110 valence electrons. The Morgan fingerprint density at radius 2 is 1.86 bits per heavy atom.